The molecule has 88 valence electrons. The SMILES string of the molecule is C=C(C)COc1c(C(=O)O)sc2ccccc12. The van der Waals surface area contributed by atoms with Crippen LogP contribution in [0.5, 0.6) is 5.75 Å². The summed E-state index contributed by atoms with van der Waals surface area (Å²) < 4.78 is 6.46. The third-order valence-corrected chi connectivity index (χ3v) is 3.35. The maximum absolute atomic E-state index is 11.1. The number of carboxylic acids is 1. The Labute approximate surface area is 103 Å². The van der Waals surface area contributed by atoms with Crippen molar-refractivity contribution in [2.45, 2.75) is 6.92 Å². The standard InChI is InChI=1S/C13H12O3S/c1-8(2)7-16-11-9-5-3-4-6-10(9)17-12(11)13(14)15/h3-6H,1,7H2,2H3,(H,14,15). The van der Waals surface area contributed by atoms with Gasteiger partial charge in [-0.3, -0.25) is 0 Å². The number of hydrogen-bond donors (Lipinski definition) is 1. The van der Waals surface area contributed by atoms with Gasteiger partial charge in [0.25, 0.3) is 0 Å². The molecule has 17 heavy (non-hydrogen) atoms. The highest BCUT2D eigenvalue weighted by Gasteiger charge is 2.18. The van der Waals surface area contributed by atoms with E-state index in [0.717, 1.165) is 15.7 Å². The van der Waals surface area contributed by atoms with Crippen molar-refractivity contribution < 1.29 is 14.6 Å². The highest BCUT2D eigenvalue weighted by atomic mass is 32.1. The van der Waals surface area contributed by atoms with E-state index in [4.69, 9.17) is 9.84 Å². The van der Waals surface area contributed by atoms with Gasteiger partial charge in [0.05, 0.1) is 0 Å². The number of aromatic carboxylic acids is 1. The van der Waals surface area contributed by atoms with E-state index in [1.807, 2.05) is 31.2 Å². The van der Waals surface area contributed by atoms with Crippen LogP contribution in [-0.2, 0) is 0 Å². The Hall–Kier alpha value is -1.81. The first kappa shape index (κ1) is 11.7. The molecule has 0 atom stereocenters. The molecular formula is C13H12O3S. The highest BCUT2D eigenvalue weighted by molar-refractivity contribution is 7.21. The second-order valence-corrected chi connectivity index (χ2v) is 4.86. The van der Waals surface area contributed by atoms with Crippen molar-refractivity contribution in [2.75, 3.05) is 6.61 Å². The second kappa shape index (κ2) is 4.59. The van der Waals surface area contributed by atoms with E-state index in [9.17, 15) is 4.79 Å². The molecule has 0 spiro atoms. The highest BCUT2D eigenvalue weighted by Crippen LogP contribution is 2.37. The van der Waals surface area contributed by atoms with E-state index in [1.165, 1.54) is 11.3 Å². The van der Waals surface area contributed by atoms with Crippen LogP contribution >= 0.6 is 11.3 Å². The monoisotopic (exact) mass is 248 g/mol. The van der Waals surface area contributed by atoms with Crippen molar-refractivity contribution in [1.82, 2.24) is 0 Å². The van der Waals surface area contributed by atoms with Crippen LogP contribution in [0.4, 0.5) is 0 Å². The number of fused-ring (bicyclic) bond motifs is 1. The smallest absolute Gasteiger partial charge is 0.349 e. The fourth-order valence-corrected chi connectivity index (χ4v) is 2.49. The molecule has 2 aromatic rings. The maximum Gasteiger partial charge on any atom is 0.349 e. The summed E-state index contributed by atoms with van der Waals surface area (Å²) >= 11 is 1.23. The van der Waals surface area contributed by atoms with Gasteiger partial charge in [-0.2, -0.15) is 0 Å². The Kier molecular flexibility index (Phi) is 3.15. The first-order valence-corrected chi connectivity index (χ1v) is 5.93. The van der Waals surface area contributed by atoms with Gasteiger partial charge in [-0.05, 0) is 24.6 Å². The minimum atomic E-state index is -0.956. The number of rotatable bonds is 4. The normalized spacial score (nSPS) is 10.4. The minimum absolute atomic E-state index is 0.243. The molecule has 0 saturated carbocycles. The molecule has 1 N–H and O–H groups in total. The Balaban J connectivity index is 2.51. The van der Waals surface area contributed by atoms with E-state index in [-0.39, 0.29) is 4.88 Å². The molecule has 1 aromatic carbocycles. The molecule has 2 rings (SSSR count). The van der Waals surface area contributed by atoms with E-state index in [1.54, 1.807) is 0 Å². The Morgan fingerprint density at radius 2 is 2.18 bits per heavy atom. The zero-order valence-electron chi connectivity index (χ0n) is 9.40. The summed E-state index contributed by atoms with van der Waals surface area (Å²) in [6.45, 7) is 5.92. The molecule has 0 fully saturated rings. The van der Waals surface area contributed by atoms with Crippen molar-refractivity contribution in [3.05, 3.63) is 41.3 Å². The summed E-state index contributed by atoms with van der Waals surface area (Å²) in [4.78, 5) is 11.4. The van der Waals surface area contributed by atoms with Gasteiger partial charge >= 0.3 is 5.97 Å². The van der Waals surface area contributed by atoms with Crippen molar-refractivity contribution in [2.24, 2.45) is 0 Å². The number of hydrogen-bond acceptors (Lipinski definition) is 3. The fourth-order valence-electron chi connectivity index (χ4n) is 1.50. The van der Waals surface area contributed by atoms with E-state index < -0.39 is 5.97 Å². The first-order chi connectivity index (χ1) is 8.09. The van der Waals surface area contributed by atoms with Gasteiger partial charge < -0.3 is 9.84 Å². The summed E-state index contributed by atoms with van der Waals surface area (Å²) in [6, 6.07) is 7.51. The molecule has 0 radical (unpaired) electrons. The molecule has 0 aliphatic rings. The number of thiophene rings is 1. The van der Waals surface area contributed by atoms with Crippen LogP contribution < -0.4 is 4.74 Å². The number of benzene rings is 1. The third-order valence-electron chi connectivity index (χ3n) is 2.21. The van der Waals surface area contributed by atoms with Crippen molar-refractivity contribution in [3.63, 3.8) is 0 Å². The van der Waals surface area contributed by atoms with Gasteiger partial charge in [0.15, 0.2) is 10.6 Å². The predicted molar refractivity (Wildman–Crippen MR) is 69.1 cm³/mol. The largest absolute Gasteiger partial charge is 0.487 e. The van der Waals surface area contributed by atoms with Crippen LogP contribution in [0.15, 0.2) is 36.4 Å². The van der Waals surface area contributed by atoms with Gasteiger partial charge in [-0.15, -0.1) is 11.3 Å². The average Bonchev–Trinajstić information content (AvgIpc) is 2.65. The molecule has 1 aromatic heterocycles. The van der Waals surface area contributed by atoms with Crippen LogP contribution in [0.2, 0.25) is 0 Å². The number of ether oxygens (including phenoxy) is 1. The fraction of sp³-hybridized carbons (Fsp3) is 0.154. The Bertz CT molecular complexity index is 583. The molecule has 0 unspecified atom stereocenters. The summed E-state index contributed by atoms with van der Waals surface area (Å²) in [6.07, 6.45) is 0. The van der Waals surface area contributed by atoms with Gasteiger partial charge in [0.1, 0.15) is 6.61 Å². The third kappa shape index (κ3) is 2.31. The topological polar surface area (TPSA) is 46.5 Å². The van der Waals surface area contributed by atoms with E-state index in [2.05, 4.69) is 6.58 Å². The quantitative estimate of drug-likeness (QED) is 0.841. The lowest BCUT2D eigenvalue weighted by atomic mass is 10.2. The molecule has 0 aliphatic carbocycles. The lowest BCUT2D eigenvalue weighted by Crippen LogP contribution is -2.02. The zero-order chi connectivity index (χ0) is 12.4. The molecule has 0 aliphatic heterocycles. The van der Waals surface area contributed by atoms with Crippen molar-refractivity contribution in [1.29, 1.82) is 0 Å². The van der Waals surface area contributed by atoms with E-state index >= 15 is 0 Å². The Morgan fingerprint density at radius 1 is 1.47 bits per heavy atom. The van der Waals surface area contributed by atoms with Crippen LogP contribution in [-0.4, -0.2) is 17.7 Å². The first-order valence-electron chi connectivity index (χ1n) is 5.11. The molecule has 0 saturated heterocycles. The lowest BCUT2D eigenvalue weighted by Gasteiger charge is -2.05. The van der Waals surface area contributed by atoms with Gasteiger partial charge in [0, 0.05) is 10.1 Å². The molecule has 3 nitrogen and oxygen atoms in total. The molecule has 0 bridgehead atoms. The zero-order valence-corrected chi connectivity index (χ0v) is 10.2. The second-order valence-electron chi connectivity index (χ2n) is 3.81. The van der Waals surface area contributed by atoms with E-state index in [0.29, 0.717) is 12.4 Å². The van der Waals surface area contributed by atoms with Crippen LogP contribution in [0, 0.1) is 0 Å². The average molecular weight is 248 g/mol. The summed E-state index contributed by atoms with van der Waals surface area (Å²) in [5, 5.41) is 9.98. The molecule has 0 amide bonds. The summed E-state index contributed by atoms with van der Waals surface area (Å²) in [5.74, 6) is -0.510. The maximum atomic E-state index is 11.1. The molecular weight excluding hydrogens is 236 g/mol. The van der Waals surface area contributed by atoms with Crippen LogP contribution in [0.3, 0.4) is 0 Å². The van der Waals surface area contributed by atoms with Gasteiger partial charge in [-0.1, -0.05) is 18.7 Å². The minimum Gasteiger partial charge on any atom is -0.487 e. The predicted octanol–water partition coefficient (Wildman–Crippen LogP) is 3.55. The summed E-state index contributed by atoms with van der Waals surface area (Å²) in [5.41, 5.74) is 0.858. The molecule has 1 heterocycles. The van der Waals surface area contributed by atoms with Crippen LogP contribution in [0.1, 0.15) is 16.6 Å². The van der Waals surface area contributed by atoms with Crippen molar-refractivity contribution in [3.8, 4) is 5.75 Å². The summed E-state index contributed by atoms with van der Waals surface area (Å²) in [7, 11) is 0. The van der Waals surface area contributed by atoms with Gasteiger partial charge in [-0.25, -0.2) is 4.79 Å². The Morgan fingerprint density at radius 3 is 2.82 bits per heavy atom. The number of carboxylic acid groups (broad SMARTS) is 1. The lowest BCUT2D eigenvalue weighted by molar-refractivity contribution is 0.0698. The molecule has 4 heteroatoms. The van der Waals surface area contributed by atoms with Crippen LogP contribution in [0.25, 0.3) is 10.1 Å². The van der Waals surface area contributed by atoms with Crippen molar-refractivity contribution >= 4 is 27.4 Å². The van der Waals surface area contributed by atoms with Gasteiger partial charge in [0.2, 0.25) is 0 Å². The number of carbonyl (C=O) groups is 1.